The maximum Gasteiger partial charge on any atom is 0.415 e. The fraction of sp³-hybridized carbons (Fsp3) is 0.316. The Morgan fingerprint density at radius 1 is 1.09 bits per heavy atom. The standard InChI is InChI=1S/C19H21NO3/c1-19(2)14-22-17(15-9-5-3-6-10-15)13-20(19)18(21)23-16-11-7-4-8-12-16/h3-12,17H,13-14H2,1-2H3. The van der Waals surface area contributed by atoms with Crippen molar-refractivity contribution in [2.24, 2.45) is 0 Å². The number of hydrogen-bond donors (Lipinski definition) is 0. The van der Waals surface area contributed by atoms with Gasteiger partial charge in [0, 0.05) is 0 Å². The second kappa shape index (κ2) is 6.42. The molecule has 23 heavy (non-hydrogen) atoms. The van der Waals surface area contributed by atoms with Crippen LogP contribution in [0.15, 0.2) is 60.7 Å². The predicted molar refractivity (Wildman–Crippen MR) is 88.4 cm³/mol. The highest BCUT2D eigenvalue weighted by Crippen LogP contribution is 2.31. The molecule has 1 unspecified atom stereocenters. The second-order valence-corrected chi connectivity index (χ2v) is 6.31. The summed E-state index contributed by atoms with van der Waals surface area (Å²) in [6, 6.07) is 19.1. The van der Waals surface area contributed by atoms with Gasteiger partial charge in [0.2, 0.25) is 0 Å². The van der Waals surface area contributed by atoms with E-state index < -0.39 is 5.54 Å². The van der Waals surface area contributed by atoms with Gasteiger partial charge in [-0.15, -0.1) is 0 Å². The number of carbonyl (C=O) groups is 1. The van der Waals surface area contributed by atoms with E-state index >= 15 is 0 Å². The third kappa shape index (κ3) is 3.54. The minimum atomic E-state index is -0.406. The molecule has 2 aromatic carbocycles. The van der Waals surface area contributed by atoms with Crippen molar-refractivity contribution in [2.45, 2.75) is 25.5 Å². The van der Waals surface area contributed by atoms with Crippen LogP contribution >= 0.6 is 0 Å². The van der Waals surface area contributed by atoms with Gasteiger partial charge in [-0.25, -0.2) is 4.79 Å². The summed E-state index contributed by atoms with van der Waals surface area (Å²) in [6.07, 6.45) is -0.474. The summed E-state index contributed by atoms with van der Waals surface area (Å²) in [6.45, 7) is 4.92. The lowest BCUT2D eigenvalue weighted by atomic mass is 9.99. The molecule has 0 bridgehead atoms. The van der Waals surface area contributed by atoms with Crippen LogP contribution in [0.1, 0.15) is 25.5 Å². The predicted octanol–water partition coefficient (Wildman–Crippen LogP) is 4.04. The van der Waals surface area contributed by atoms with E-state index in [9.17, 15) is 4.79 Å². The van der Waals surface area contributed by atoms with Crippen LogP contribution in [0.2, 0.25) is 0 Å². The average Bonchev–Trinajstić information content (AvgIpc) is 2.56. The topological polar surface area (TPSA) is 38.8 Å². The maximum absolute atomic E-state index is 12.6. The van der Waals surface area contributed by atoms with E-state index in [2.05, 4.69) is 0 Å². The Morgan fingerprint density at radius 3 is 2.35 bits per heavy atom. The molecule has 2 aromatic rings. The zero-order chi connectivity index (χ0) is 16.3. The Labute approximate surface area is 136 Å². The monoisotopic (exact) mass is 311 g/mol. The van der Waals surface area contributed by atoms with Gasteiger partial charge >= 0.3 is 6.09 Å². The molecular weight excluding hydrogens is 290 g/mol. The minimum Gasteiger partial charge on any atom is -0.410 e. The average molecular weight is 311 g/mol. The number of ether oxygens (including phenoxy) is 2. The molecule has 120 valence electrons. The zero-order valence-corrected chi connectivity index (χ0v) is 13.4. The fourth-order valence-corrected chi connectivity index (χ4v) is 2.68. The van der Waals surface area contributed by atoms with Crippen LogP contribution in [0.4, 0.5) is 4.79 Å². The summed E-state index contributed by atoms with van der Waals surface area (Å²) in [5, 5.41) is 0. The van der Waals surface area contributed by atoms with Crippen LogP contribution in [0.5, 0.6) is 5.75 Å². The lowest BCUT2D eigenvalue weighted by molar-refractivity contribution is -0.0864. The van der Waals surface area contributed by atoms with Gasteiger partial charge in [0.05, 0.1) is 18.7 Å². The lowest BCUT2D eigenvalue weighted by Gasteiger charge is -2.44. The first-order valence-electron chi connectivity index (χ1n) is 7.77. The highest BCUT2D eigenvalue weighted by molar-refractivity contribution is 5.71. The minimum absolute atomic E-state index is 0.132. The Morgan fingerprint density at radius 2 is 1.70 bits per heavy atom. The van der Waals surface area contributed by atoms with Crippen LogP contribution in [-0.2, 0) is 4.74 Å². The molecule has 1 fully saturated rings. The summed E-state index contributed by atoms with van der Waals surface area (Å²) < 4.78 is 11.5. The van der Waals surface area contributed by atoms with Gasteiger partial charge in [-0.3, -0.25) is 4.90 Å². The first-order valence-corrected chi connectivity index (χ1v) is 7.77. The van der Waals surface area contributed by atoms with Crippen LogP contribution in [0.25, 0.3) is 0 Å². The van der Waals surface area contributed by atoms with E-state index in [1.165, 1.54) is 0 Å². The molecule has 0 aliphatic carbocycles. The molecule has 4 heteroatoms. The molecule has 1 saturated heterocycles. The summed E-state index contributed by atoms with van der Waals surface area (Å²) in [4.78, 5) is 14.4. The van der Waals surface area contributed by atoms with Gasteiger partial charge in [0.25, 0.3) is 0 Å². The lowest BCUT2D eigenvalue weighted by Crippen LogP contribution is -2.57. The number of benzene rings is 2. The molecule has 1 amide bonds. The molecule has 1 aliphatic rings. The van der Waals surface area contributed by atoms with Crippen LogP contribution in [-0.4, -0.2) is 29.7 Å². The highest BCUT2D eigenvalue weighted by atomic mass is 16.6. The van der Waals surface area contributed by atoms with E-state index in [1.54, 1.807) is 17.0 Å². The molecule has 3 rings (SSSR count). The van der Waals surface area contributed by atoms with Crippen molar-refractivity contribution in [3.63, 3.8) is 0 Å². The number of para-hydroxylation sites is 1. The van der Waals surface area contributed by atoms with Gasteiger partial charge in [-0.1, -0.05) is 48.5 Å². The van der Waals surface area contributed by atoms with Gasteiger partial charge in [-0.2, -0.15) is 0 Å². The smallest absolute Gasteiger partial charge is 0.410 e. The summed E-state index contributed by atoms with van der Waals surface area (Å²) in [5.41, 5.74) is 0.664. The molecule has 0 saturated carbocycles. The molecular formula is C19H21NO3. The zero-order valence-electron chi connectivity index (χ0n) is 13.4. The fourth-order valence-electron chi connectivity index (χ4n) is 2.68. The maximum atomic E-state index is 12.6. The van der Waals surface area contributed by atoms with Crippen LogP contribution < -0.4 is 4.74 Å². The molecule has 0 radical (unpaired) electrons. The molecule has 1 atom stereocenters. The number of carbonyl (C=O) groups excluding carboxylic acids is 1. The normalized spacial score (nSPS) is 20.1. The van der Waals surface area contributed by atoms with Crippen molar-refractivity contribution in [1.29, 1.82) is 0 Å². The van der Waals surface area contributed by atoms with E-state index in [4.69, 9.17) is 9.47 Å². The molecule has 1 aliphatic heterocycles. The number of rotatable bonds is 2. The van der Waals surface area contributed by atoms with Gasteiger partial charge < -0.3 is 9.47 Å². The van der Waals surface area contributed by atoms with Crippen molar-refractivity contribution in [1.82, 2.24) is 4.90 Å². The number of amides is 1. The SMILES string of the molecule is CC1(C)COC(c2ccccc2)CN1C(=O)Oc1ccccc1. The van der Waals surface area contributed by atoms with Crippen LogP contribution in [0.3, 0.4) is 0 Å². The number of morpholine rings is 1. The van der Waals surface area contributed by atoms with E-state index in [1.807, 2.05) is 62.4 Å². The number of hydrogen-bond acceptors (Lipinski definition) is 3. The van der Waals surface area contributed by atoms with Gasteiger partial charge in [0.1, 0.15) is 11.9 Å². The Hall–Kier alpha value is -2.33. The molecule has 0 N–H and O–H groups in total. The van der Waals surface area contributed by atoms with Gasteiger partial charge in [0.15, 0.2) is 0 Å². The Bertz CT molecular complexity index is 655. The largest absolute Gasteiger partial charge is 0.415 e. The summed E-state index contributed by atoms with van der Waals surface area (Å²) >= 11 is 0. The third-order valence-corrected chi connectivity index (χ3v) is 4.06. The van der Waals surface area contributed by atoms with E-state index in [-0.39, 0.29) is 12.2 Å². The molecule has 4 nitrogen and oxygen atoms in total. The summed E-state index contributed by atoms with van der Waals surface area (Å²) in [5.74, 6) is 0.552. The van der Waals surface area contributed by atoms with E-state index in [0.717, 1.165) is 5.56 Å². The Balaban J connectivity index is 1.76. The van der Waals surface area contributed by atoms with Crippen molar-refractivity contribution in [3.05, 3.63) is 66.2 Å². The molecule has 0 aromatic heterocycles. The van der Waals surface area contributed by atoms with Gasteiger partial charge in [-0.05, 0) is 31.5 Å². The first kappa shape index (κ1) is 15.6. The summed E-state index contributed by atoms with van der Waals surface area (Å²) in [7, 11) is 0. The van der Waals surface area contributed by atoms with Crippen molar-refractivity contribution in [2.75, 3.05) is 13.2 Å². The Kier molecular flexibility index (Phi) is 4.35. The molecule has 0 spiro atoms. The highest BCUT2D eigenvalue weighted by Gasteiger charge is 2.39. The van der Waals surface area contributed by atoms with Crippen molar-refractivity contribution < 1.29 is 14.3 Å². The second-order valence-electron chi connectivity index (χ2n) is 6.31. The number of nitrogens with zero attached hydrogens (tertiary/aromatic N) is 1. The van der Waals surface area contributed by atoms with E-state index in [0.29, 0.717) is 18.9 Å². The third-order valence-electron chi connectivity index (χ3n) is 4.06. The van der Waals surface area contributed by atoms with Crippen molar-refractivity contribution in [3.8, 4) is 5.75 Å². The molecule has 1 heterocycles. The quantitative estimate of drug-likeness (QED) is 0.840. The first-order chi connectivity index (χ1) is 11.1. The van der Waals surface area contributed by atoms with Crippen molar-refractivity contribution >= 4 is 6.09 Å². The van der Waals surface area contributed by atoms with Crippen LogP contribution in [0, 0.1) is 0 Å².